The van der Waals surface area contributed by atoms with Crippen molar-refractivity contribution in [2.45, 2.75) is 17.7 Å². The maximum Gasteiger partial charge on any atom is 0.231 e. The summed E-state index contributed by atoms with van der Waals surface area (Å²) in [4.78, 5) is 7.86. The minimum absolute atomic E-state index is 0.637. The molecule has 0 saturated carbocycles. The Hall–Kier alpha value is -2.05. The molecule has 5 nitrogen and oxygen atoms in total. The molecule has 25 heavy (non-hydrogen) atoms. The Morgan fingerprint density at radius 1 is 1.16 bits per heavy atom. The molecular weight excluding hydrogens is 332 g/mol. The van der Waals surface area contributed by atoms with Crippen LogP contribution in [0.15, 0.2) is 47.5 Å². The van der Waals surface area contributed by atoms with Crippen molar-refractivity contribution < 1.29 is 4.74 Å². The number of aromatic nitrogens is 3. The van der Waals surface area contributed by atoms with Gasteiger partial charge in [-0.05, 0) is 57.9 Å². The van der Waals surface area contributed by atoms with Gasteiger partial charge in [0.2, 0.25) is 5.88 Å². The molecule has 0 aliphatic carbocycles. The van der Waals surface area contributed by atoms with Crippen molar-refractivity contribution in [3.8, 4) is 17.1 Å². The molecule has 132 valence electrons. The van der Waals surface area contributed by atoms with Crippen molar-refractivity contribution in [2.24, 2.45) is 0 Å². The number of benzene rings is 1. The fraction of sp³-hybridized carbons (Fsp3) is 0.368. The summed E-state index contributed by atoms with van der Waals surface area (Å²) in [6, 6.07) is 12.2. The first-order chi connectivity index (χ1) is 12.2. The smallest absolute Gasteiger partial charge is 0.231 e. The zero-order chi connectivity index (χ0) is 17.6. The monoisotopic (exact) mass is 356 g/mol. The summed E-state index contributed by atoms with van der Waals surface area (Å²) in [5.41, 5.74) is 2.91. The molecule has 0 atom stereocenters. The van der Waals surface area contributed by atoms with E-state index in [1.54, 1.807) is 11.8 Å². The van der Waals surface area contributed by atoms with E-state index in [2.05, 4.69) is 59.6 Å². The Kier molecular flexibility index (Phi) is 5.94. The van der Waals surface area contributed by atoms with Crippen LogP contribution in [0, 0.1) is 0 Å². The average molecular weight is 356 g/mol. The Morgan fingerprint density at radius 2 is 2.04 bits per heavy atom. The lowest BCUT2D eigenvalue weighted by Crippen LogP contribution is -2.14. The molecule has 0 N–H and O–H groups in total. The molecule has 0 aliphatic heterocycles. The number of unbranched alkanes of at least 4 members (excludes halogenated alkanes) is 1. The first kappa shape index (κ1) is 17.8. The third-order valence-corrected chi connectivity index (χ3v) is 4.68. The van der Waals surface area contributed by atoms with E-state index in [0.29, 0.717) is 12.5 Å². The van der Waals surface area contributed by atoms with Gasteiger partial charge in [0, 0.05) is 16.5 Å². The summed E-state index contributed by atoms with van der Waals surface area (Å²) in [6.45, 7) is 1.76. The van der Waals surface area contributed by atoms with Crippen LogP contribution in [0.1, 0.15) is 12.8 Å². The summed E-state index contributed by atoms with van der Waals surface area (Å²) < 4.78 is 7.67. The first-order valence-corrected chi connectivity index (χ1v) is 9.66. The molecule has 0 amide bonds. The van der Waals surface area contributed by atoms with Gasteiger partial charge in [-0.15, -0.1) is 16.9 Å². The quantitative estimate of drug-likeness (QED) is 0.453. The number of hydrogen-bond donors (Lipinski definition) is 0. The fourth-order valence-electron chi connectivity index (χ4n) is 2.62. The van der Waals surface area contributed by atoms with Crippen molar-refractivity contribution in [3.63, 3.8) is 0 Å². The van der Waals surface area contributed by atoms with E-state index in [1.807, 2.05) is 22.8 Å². The Labute approximate surface area is 153 Å². The van der Waals surface area contributed by atoms with Gasteiger partial charge < -0.3 is 9.64 Å². The molecule has 0 unspecified atom stereocenters. The Bertz CT molecular complexity index is 831. The molecule has 3 aromatic rings. The molecule has 2 heterocycles. The highest BCUT2D eigenvalue weighted by atomic mass is 32.2. The maximum atomic E-state index is 5.82. The van der Waals surface area contributed by atoms with Crippen LogP contribution in [0.3, 0.4) is 0 Å². The van der Waals surface area contributed by atoms with Crippen LogP contribution in [0.2, 0.25) is 0 Å². The van der Waals surface area contributed by atoms with E-state index in [9.17, 15) is 0 Å². The normalized spacial score (nSPS) is 11.4. The molecule has 0 aliphatic rings. The summed E-state index contributed by atoms with van der Waals surface area (Å²) in [6.07, 6.45) is 6.08. The van der Waals surface area contributed by atoms with Crippen molar-refractivity contribution in [2.75, 3.05) is 33.5 Å². The lowest BCUT2D eigenvalue weighted by molar-refractivity contribution is 0.280. The van der Waals surface area contributed by atoms with E-state index in [0.717, 1.165) is 36.3 Å². The topological polar surface area (TPSA) is 42.7 Å². The van der Waals surface area contributed by atoms with Crippen LogP contribution in [0.4, 0.5) is 0 Å². The van der Waals surface area contributed by atoms with Gasteiger partial charge in [0.15, 0.2) is 5.65 Å². The summed E-state index contributed by atoms with van der Waals surface area (Å²) in [5, 5.41) is 4.61. The van der Waals surface area contributed by atoms with Crippen LogP contribution in [-0.2, 0) is 0 Å². The summed E-state index contributed by atoms with van der Waals surface area (Å²) in [7, 11) is 4.17. The fourth-order valence-corrected chi connectivity index (χ4v) is 3.08. The maximum absolute atomic E-state index is 5.82. The molecule has 2 aromatic heterocycles. The van der Waals surface area contributed by atoms with Gasteiger partial charge in [-0.25, -0.2) is 9.50 Å². The molecule has 0 radical (unpaired) electrons. The summed E-state index contributed by atoms with van der Waals surface area (Å²) in [5.74, 6) is 0.637. The molecule has 0 fully saturated rings. The third kappa shape index (κ3) is 4.52. The number of hydrogen-bond acceptors (Lipinski definition) is 5. The largest absolute Gasteiger partial charge is 0.477 e. The van der Waals surface area contributed by atoms with Gasteiger partial charge in [0.05, 0.1) is 18.5 Å². The Morgan fingerprint density at radius 3 is 2.84 bits per heavy atom. The zero-order valence-corrected chi connectivity index (χ0v) is 15.8. The second kappa shape index (κ2) is 8.36. The molecular formula is C19H24N4OS. The lowest BCUT2D eigenvalue weighted by Gasteiger charge is -2.10. The van der Waals surface area contributed by atoms with E-state index in [1.165, 1.54) is 4.90 Å². The van der Waals surface area contributed by atoms with Crippen LogP contribution in [0.25, 0.3) is 16.9 Å². The zero-order valence-electron chi connectivity index (χ0n) is 15.0. The van der Waals surface area contributed by atoms with Crippen LogP contribution in [-0.4, -0.2) is 53.0 Å². The van der Waals surface area contributed by atoms with Crippen LogP contribution < -0.4 is 4.74 Å². The van der Waals surface area contributed by atoms with Crippen molar-refractivity contribution in [1.29, 1.82) is 0 Å². The van der Waals surface area contributed by atoms with E-state index in [4.69, 9.17) is 4.74 Å². The number of ether oxygens (including phenoxy) is 1. The van der Waals surface area contributed by atoms with Gasteiger partial charge >= 0.3 is 0 Å². The van der Waals surface area contributed by atoms with E-state index < -0.39 is 0 Å². The van der Waals surface area contributed by atoms with E-state index in [-0.39, 0.29) is 0 Å². The van der Waals surface area contributed by atoms with Gasteiger partial charge in [-0.3, -0.25) is 0 Å². The molecule has 6 heteroatoms. The van der Waals surface area contributed by atoms with Gasteiger partial charge in [-0.2, -0.15) is 0 Å². The third-order valence-electron chi connectivity index (χ3n) is 3.95. The van der Waals surface area contributed by atoms with Crippen molar-refractivity contribution in [1.82, 2.24) is 19.5 Å². The standard InChI is InChI=1S/C19H24N4OS/c1-22(2)11-4-5-12-24-19-10-9-18-20-14-17(23(18)21-19)15-7-6-8-16(13-15)25-3/h6-10,13-14H,4-5,11-12H2,1-3H3. The second-order valence-corrected chi connectivity index (χ2v) is 7.06. The van der Waals surface area contributed by atoms with Crippen LogP contribution in [0.5, 0.6) is 5.88 Å². The van der Waals surface area contributed by atoms with Gasteiger partial charge in [0.25, 0.3) is 0 Å². The van der Waals surface area contributed by atoms with Crippen molar-refractivity contribution in [3.05, 3.63) is 42.6 Å². The highest BCUT2D eigenvalue weighted by Crippen LogP contribution is 2.25. The number of imidazole rings is 1. The SMILES string of the molecule is CSc1cccc(-c2cnc3ccc(OCCCCN(C)C)nn23)c1. The molecule has 1 aromatic carbocycles. The van der Waals surface area contributed by atoms with Crippen molar-refractivity contribution >= 4 is 17.4 Å². The lowest BCUT2D eigenvalue weighted by atomic mass is 10.2. The predicted octanol–water partition coefficient (Wildman–Crippen LogP) is 3.84. The number of rotatable bonds is 8. The molecule has 0 spiro atoms. The average Bonchev–Trinajstić information content (AvgIpc) is 3.04. The van der Waals surface area contributed by atoms with Crippen LogP contribution >= 0.6 is 11.8 Å². The Balaban J connectivity index is 1.75. The predicted molar refractivity (Wildman–Crippen MR) is 103 cm³/mol. The number of nitrogens with zero attached hydrogens (tertiary/aromatic N) is 4. The van der Waals surface area contributed by atoms with Gasteiger partial charge in [-0.1, -0.05) is 12.1 Å². The number of thioether (sulfide) groups is 1. The van der Waals surface area contributed by atoms with E-state index >= 15 is 0 Å². The second-order valence-electron chi connectivity index (χ2n) is 6.18. The molecule has 0 bridgehead atoms. The minimum Gasteiger partial charge on any atom is -0.477 e. The highest BCUT2D eigenvalue weighted by Gasteiger charge is 2.09. The minimum atomic E-state index is 0.637. The van der Waals surface area contributed by atoms with Gasteiger partial charge in [0.1, 0.15) is 0 Å². The first-order valence-electron chi connectivity index (χ1n) is 8.44. The summed E-state index contributed by atoms with van der Waals surface area (Å²) >= 11 is 1.73. The highest BCUT2D eigenvalue weighted by molar-refractivity contribution is 7.98. The molecule has 3 rings (SSSR count). The molecule has 0 saturated heterocycles. The number of fused-ring (bicyclic) bond motifs is 1.